The highest BCUT2D eigenvalue weighted by molar-refractivity contribution is 7.12. The molecule has 0 saturated carbocycles. The van der Waals surface area contributed by atoms with Crippen LogP contribution in [0.3, 0.4) is 0 Å². The zero-order valence-corrected chi connectivity index (χ0v) is 9.61. The van der Waals surface area contributed by atoms with Crippen molar-refractivity contribution in [3.05, 3.63) is 44.3 Å². The van der Waals surface area contributed by atoms with E-state index in [1.807, 2.05) is 16.8 Å². The van der Waals surface area contributed by atoms with Crippen LogP contribution in [0.15, 0.2) is 28.3 Å². The van der Waals surface area contributed by atoms with Gasteiger partial charge in [0.15, 0.2) is 0 Å². The summed E-state index contributed by atoms with van der Waals surface area (Å²) in [6.07, 6.45) is 1.72. The van der Waals surface area contributed by atoms with E-state index in [4.69, 9.17) is 5.11 Å². The Hall–Kier alpha value is -1.13. The molecule has 0 aliphatic carbocycles. The molecule has 2 rings (SSSR count). The number of hydrogen-bond acceptors (Lipinski definition) is 3. The number of carboxylic acids is 1. The van der Waals surface area contributed by atoms with Gasteiger partial charge in [0.25, 0.3) is 0 Å². The highest BCUT2D eigenvalue weighted by atomic mass is 32.1. The Morgan fingerprint density at radius 1 is 1.27 bits per heavy atom. The third kappa shape index (κ3) is 2.46. The molecule has 0 unspecified atom stereocenters. The van der Waals surface area contributed by atoms with Gasteiger partial charge in [0.1, 0.15) is 4.88 Å². The molecule has 15 heavy (non-hydrogen) atoms. The van der Waals surface area contributed by atoms with Gasteiger partial charge in [-0.3, -0.25) is 0 Å². The smallest absolute Gasteiger partial charge is 0.346 e. The van der Waals surface area contributed by atoms with Crippen LogP contribution in [0.4, 0.5) is 0 Å². The van der Waals surface area contributed by atoms with Crippen molar-refractivity contribution in [1.82, 2.24) is 0 Å². The molecule has 0 spiro atoms. The van der Waals surface area contributed by atoms with Gasteiger partial charge in [0, 0.05) is 0 Å². The van der Waals surface area contributed by atoms with Crippen LogP contribution in [-0.4, -0.2) is 11.1 Å². The molecule has 0 atom stereocenters. The van der Waals surface area contributed by atoms with Gasteiger partial charge in [-0.1, -0.05) is 0 Å². The predicted octanol–water partition coefficient (Wildman–Crippen LogP) is 3.29. The van der Waals surface area contributed by atoms with Crippen molar-refractivity contribution in [2.24, 2.45) is 0 Å². The highest BCUT2D eigenvalue weighted by Gasteiger charge is 2.11. The summed E-state index contributed by atoms with van der Waals surface area (Å²) < 4.78 is 0. The lowest BCUT2D eigenvalue weighted by Gasteiger charge is -1.98. The third-order valence-electron chi connectivity index (χ3n) is 2.20. The molecule has 0 aliphatic rings. The second-order valence-corrected chi connectivity index (χ2v) is 4.91. The van der Waals surface area contributed by atoms with Gasteiger partial charge in [0.05, 0.1) is 0 Å². The van der Waals surface area contributed by atoms with Gasteiger partial charge < -0.3 is 5.11 Å². The van der Waals surface area contributed by atoms with Crippen molar-refractivity contribution >= 4 is 28.6 Å². The van der Waals surface area contributed by atoms with E-state index in [2.05, 4.69) is 11.4 Å². The molecule has 78 valence electrons. The van der Waals surface area contributed by atoms with E-state index >= 15 is 0 Å². The molecule has 4 heteroatoms. The van der Waals surface area contributed by atoms with Crippen LogP contribution in [0, 0.1) is 0 Å². The number of aryl methyl sites for hydroxylation is 2. The van der Waals surface area contributed by atoms with Gasteiger partial charge in [-0.25, -0.2) is 4.79 Å². The van der Waals surface area contributed by atoms with Crippen LogP contribution in [0.5, 0.6) is 0 Å². The van der Waals surface area contributed by atoms with Gasteiger partial charge in [-0.2, -0.15) is 11.3 Å². The lowest BCUT2D eigenvalue weighted by molar-refractivity contribution is 0.0701. The molecule has 0 saturated heterocycles. The molecule has 0 amide bonds. The van der Waals surface area contributed by atoms with Gasteiger partial charge in [-0.05, 0) is 52.2 Å². The Balaban J connectivity index is 2.05. The molecule has 0 radical (unpaired) electrons. The lowest BCUT2D eigenvalue weighted by atomic mass is 10.1. The first-order valence-electron chi connectivity index (χ1n) is 4.58. The molecule has 1 N–H and O–H groups in total. The minimum atomic E-state index is -0.815. The first kappa shape index (κ1) is 10.4. The molecular weight excluding hydrogens is 228 g/mol. The predicted molar refractivity (Wildman–Crippen MR) is 63.0 cm³/mol. The normalized spacial score (nSPS) is 10.4. The highest BCUT2D eigenvalue weighted by Crippen LogP contribution is 2.19. The summed E-state index contributed by atoms with van der Waals surface area (Å²) in [5.41, 5.74) is 2.22. The molecule has 0 bridgehead atoms. The standard InChI is InChI=1S/C11H10O2S2/c12-11(13)10-9(4-6-15-10)2-1-8-3-5-14-7-8/h3-7H,1-2H2,(H,12,13). The zero-order chi connectivity index (χ0) is 10.7. The first-order chi connectivity index (χ1) is 7.27. The SMILES string of the molecule is O=C(O)c1sccc1CCc1ccsc1. The molecule has 2 aromatic heterocycles. The molecule has 2 nitrogen and oxygen atoms in total. The fraction of sp³-hybridized carbons (Fsp3) is 0.182. The van der Waals surface area contributed by atoms with Gasteiger partial charge in [-0.15, -0.1) is 11.3 Å². The summed E-state index contributed by atoms with van der Waals surface area (Å²) in [6, 6.07) is 3.98. The Kier molecular flexibility index (Phi) is 3.18. The van der Waals surface area contributed by atoms with E-state index in [0.717, 1.165) is 18.4 Å². The van der Waals surface area contributed by atoms with Gasteiger partial charge >= 0.3 is 5.97 Å². The summed E-state index contributed by atoms with van der Waals surface area (Å²) in [6.45, 7) is 0. The minimum absolute atomic E-state index is 0.477. The fourth-order valence-electron chi connectivity index (χ4n) is 1.43. The minimum Gasteiger partial charge on any atom is -0.477 e. The fourth-order valence-corrected chi connectivity index (χ4v) is 2.93. The molecule has 0 fully saturated rings. The topological polar surface area (TPSA) is 37.3 Å². The van der Waals surface area contributed by atoms with Crippen LogP contribution in [0.25, 0.3) is 0 Å². The molecular formula is C11H10O2S2. The van der Waals surface area contributed by atoms with Crippen molar-refractivity contribution in [2.75, 3.05) is 0 Å². The van der Waals surface area contributed by atoms with Crippen molar-refractivity contribution in [3.63, 3.8) is 0 Å². The van der Waals surface area contributed by atoms with Crippen LogP contribution in [0.2, 0.25) is 0 Å². The van der Waals surface area contributed by atoms with Crippen molar-refractivity contribution in [2.45, 2.75) is 12.8 Å². The largest absolute Gasteiger partial charge is 0.477 e. The monoisotopic (exact) mass is 238 g/mol. The molecule has 0 aliphatic heterocycles. The summed E-state index contributed by atoms with van der Waals surface area (Å²) in [4.78, 5) is 11.3. The van der Waals surface area contributed by atoms with Crippen molar-refractivity contribution in [3.8, 4) is 0 Å². The summed E-state index contributed by atoms with van der Waals surface area (Å²) in [7, 11) is 0. The number of carbonyl (C=O) groups is 1. The van der Waals surface area contributed by atoms with E-state index in [1.165, 1.54) is 16.9 Å². The quantitative estimate of drug-likeness (QED) is 0.887. The lowest BCUT2D eigenvalue weighted by Crippen LogP contribution is -1.98. The Morgan fingerprint density at radius 3 is 2.80 bits per heavy atom. The maximum absolute atomic E-state index is 10.9. The second-order valence-electron chi connectivity index (χ2n) is 3.21. The maximum atomic E-state index is 10.9. The summed E-state index contributed by atoms with van der Waals surface area (Å²) >= 11 is 2.97. The average Bonchev–Trinajstić information content (AvgIpc) is 2.86. The Morgan fingerprint density at radius 2 is 2.13 bits per heavy atom. The van der Waals surface area contributed by atoms with Crippen LogP contribution in [-0.2, 0) is 12.8 Å². The molecule has 2 heterocycles. The Labute approximate surface area is 95.8 Å². The number of aromatic carboxylic acids is 1. The van der Waals surface area contributed by atoms with Crippen molar-refractivity contribution < 1.29 is 9.90 Å². The number of carboxylic acid groups (broad SMARTS) is 1. The second kappa shape index (κ2) is 4.59. The number of rotatable bonds is 4. The van der Waals surface area contributed by atoms with Crippen LogP contribution >= 0.6 is 22.7 Å². The number of hydrogen-bond donors (Lipinski definition) is 1. The van der Waals surface area contributed by atoms with Crippen LogP contribution in [0.1, 0.15) is 20.8 Å². The van der Waals surface area contributed by atoms with E-state index in [1.54, 1.807) is 11.3 Å². The summed E-state index contributed by atoms with van der Waals surface area (Å²) in [5.74, 6) is -0.815. The average molecular weight is 238 g/mol. The van der Waals surface area contributed by atoms with Gasteiger partial charge in [0.2, 0.25) is 0 Å². The van der Waals surface area contributed by atoms with E-state index < -0.39 is 5.97 Å². The molecule has 0 aromatic carbocycles. The summed E-state index contributed by atoms with van der Waals surface area (Å²) in [5, 5.41) is 14.9. The first-order valence-corrected chi connectivity index (χ1v) is 6.40. The van der Waals surface area contributed by atoms with E-state index in [-0.39, 0.29) is 0 Å². The van der Waals surface area contributed by atoms with Crippen molar-refractivity contribution in [1.29, 1.82) is 0 Å². The maximum Gasteiger partial charge on any atom is 0.346 e. The van der Waals surface area contributed by atoms with Crippen LogP contribution < -0.4 is 0 Å². The third-order valence-corrected chi connectivity index (χ3v) is 3.88. The van der Waals surface area contributed by atoms with E-state index in [9.17, 15) is 4.79 Å². The Bertz CT molecular complexity index is 443. The van der Waals surface area contributed by atoms with E-state index in [0.29, 0.717) is 4.88 Å². The zero-order valence-electron chi connectivity index (χ0n) is 7.97. The number of thiophene rings is 2. The molecule has 2 aromatic rings.